The van der Waals surface area contributed by atoms with Crippen LogP contribution in [0.15, 0.2) is 102 Å². The van der Waals surface area contributed by atoms with E-state index >= 15 is 0 Å². The van der Waals surface area contributed by atoms with Crippen LogP contribution >= 0.6 is 0 Å². The quantitative estimate of drug-likeness (QED) is 0.0827. The summed E-state index contributed by atoms with van der Waals surface area (Å²) in [5.41, 5.74) is 11.5. The first-order valence-electron chi connectivity index (χ1n) is 17.2. The van der Waals surface area contributed by atoms with Crippen LogP contribution in [-0.2, 0) is 17.8 Å². The molecule has 0 radical (unpaired) electrons. The van der Waals surface area contributed by atoms with E-state index in [0.29, 0.717) is 48.1 Å². The Morgan fingerprint density at radius 1 is 0.902 bits per heavy atom. The number of aromatic amines is 1. The number of nitrogens with two attached hydrogens (primary N) is 1. The van der Waals surface area contributed by atoms with Crippen LogP contribution in [0.2, 0.25) is 0 Å². The number of phenols is 1. The van der Waals surface area contributed by atoms with Gasteiger partial charge in [0.2, 0.25) is 11.5 Å². The molecule has 0 spiro atoms. The Kier molecular flexibility index (Phi) is 11.1. The van der Waals surface area contributed by atoms with Crippen LogP contribution in [0.5, 0.6) is 5.75 Å². The molecule has 0 aliphatic heterocycles. The van der Waals surface area contributed by atoms with Crippen molar-refractivity contribution in [3.05, 3.63) is 124 Å². The Balaban J connectivity index is 1.05. The third-order valence-corrected chi connectivity index (χ3v) is 9.53. The van der Waals surface area contributed by atoms with E-state index in [1.807, 2.05) is 72.8 Å². The number of nitrogens with zero attached hydrogens (tertiary/aromatic N) is 1. The van der Waals surface area contributed by atoms with Gasteiger partial charge in [-0.2, -0.15) is 0 Å². The second kappa shape index (κ2) is 16.0. The Labute approximate surface area is 295 Å². The number of carboxylic acid groups (broad SMARTS) is 1. The Morgan fingerprint density at radius 2 is 1.63 bits per heavy atom. The van der Waals surface area contributed by atoms with Crippen LogP contribution in [0, 0.1) is 0 Å². The molecule has 1 heterocycles. The van der Waals surface area contributed by atoms with Gasteiger partial charge in [0.05, 0.1) is 17.3 Å². The molecule has 8 N–H and O–H groups in total. The molecular weight excluding hydrogens is 646 g/mol. The van der Waals surface area contributed by atoms with E-state index in [-0.39, 0.29) is 47.8 Å². The fourth-order valence-corrected chi connectivity index (χ4v) is 6.81. The number of hydrogen-bond donors (Lipinski definition) is 7. The van der Waals surface area contributed by atoms with Crippen LogP contribution < -0.4 is 26.8 Å². The molecule has 1 fully saturated rings. The number of phenolic OH excluding ortho intramolecular Hbond substituents is 1. The molecule has 1 aromatic heterocycles. The van der Waals surface area contributed by atoms with Crippen molar-refractivity contribution < 1.29 is 24.9 Å². The van der Waals surface area contributed by atoms with Gasteiger partial charge < -0.3 is 36.7 Å². The highest BCUT2D eigenvalue weighted by Gasteiger charge is 2.30. The predicted octanol–water partition coefficient (Wildman–Crippen LogP) is 6.05. The van der Waals surface area contributed by atoms with Gasteiger partial charge in [-0.25, -0.2) is 4.79 Å². The van der Waals surface area contributed by atoms with Gasteiger partial charge in [-0.05, 0) is 84.7 Å². The zero-order chi connectivity index (χ0) is 35.9. The van der Waals surface area contributed by atoms with Gasteiger partial charge in [0, 0.05) is 54.3 Å². The number of pyridine rings is 1. The van der Waals surface area contributed by atoms with Gasteiger partial charge in [-0.15, -0.1) is 0 Å². The largest absolute Gasteiger partial charge is 0.506 e. The summed E-state index contributed by atoms with van der Waals surface area (Å²) in [5, 5.41) is 38.0. The van der Waals surface area contributed by atoms with Crippen molar-refractivity contribution in [2.24, 2.45) is 5.73 Å². The number of aliphatic hydroxyl groups is 1. The lowest BCUT2D eigenvalue weighted by atomic mass is 9.89. The molecule has 5 aromatic rings. The van der Waals surface area contributed by atoms with Crippen molar-refractivity contribution >= 4 is 34.3 Å². The maximum atomic E-state index is 13.0. The maximum absolute atomic E-state index is 13.0. The first-order chi connectivity index (χ1) is 24.7. The number of aromatic hydroxyl groups is 1. The predicted molar refractivity (Wildman–Crippen MR) is 199 cm³/mol. The number of carbonyl (C=O) groups is 2. The third kappa shape index (κ3) is 8.64. The van der Waals surface area contributed by atoms with E-state index in [0.717, 1.165) is 35.1 Å². The highest BCUT2D eigenvalue weighted by Crippen LogP contribution is 2.36. The number of aromatic nitrogens is 1. The Bertz CT molecular complexity index is 2040. The number of aryl methyl sites for hydroxylation is 1. The van der Waals surface area contributed by atoms with Gasteiger partial charge in [-0.3, -0.25) is 14.5 Å². The Hall–Kier alpha value is -5.49. The number of rotatable bonds is 12. The van der Waals surface area contributed by atoms with Crippen LogP contribution in [0.4, 0.5) is 16.2 Å². The van der Waals surface area contributed by atoms with Crippen molar-refractivity contribution in [3.63, 3.8) is 0 Å². The summed E-state index contributed by atoms with van der Waals surface area (Å²) < 4.78 is 0. The fraction of sp³-hybridized carbons (Fsp3) is 0.275. The highest BCUT2D eigenvalue weighted by atomic mass is 16.4. The molecule has 0 bridgehead atoms. The zero-order valence-electron chi connectivity index (χ0n) is 28.2. The number of benzene rings is 4. The average Bonchev–Trinajstić information content (AvgIpc) is 3.13. The minimum absolute atomic E-state index is 0.0614. The smallest absolute Gasteiger partial charge is 0.412 e. The second-order valence-electron chi connectivity index (χ2n) is 13.1. The number of aliphatic hydroxyl groups excluding tert-OH is 1. The number of amides is 2. The summed E-state index contributed by atoms with van der Waals surface area (Å²) in [5.74, 6) is -0.217. The topological polar surface area (TPSA) is 181 Å². The number of anilines is 2. The molecule has 1 atom stereocenters. The summed E-state index contributed by atoms with van der Waals surface area (Å²) in [4.78, 5) is 41.4. The number of fused-ring (bicyclic) bond motifs is 1. The molecule has 2 amide bonds. The first-order valence-corrected chi connectivity index (χ1v) is 17.2. The summed E-state index contributed by atoms with van der Waals surface area (Å²) in [6.45, 7) is 0.713. The van der Waals surface area contributed by atoms with Gasteiger partial charge in [-0.1, -0.05) is 60.7 Å². The number of H-pyrrole nitrogens is 1. The summed E-state index contributed by atoms with van der Waals surface area (Å²) in [6, 6.07) is 28.9. The van der Waals surface area contributed by atoms with E-state index in [9.17, 15) is 29.7 Å². The molecule has 1 aliphatic carbocycles. The molecule has 264 valence electrons. The minimum Gasteiger partial charge on any atom is -0.506 e. The maximum Gasteiger partial charge on any atom is 0.412 e. The second-order valence-corrected chi connectivity index (χ2v) is 13.1. The van der Waals surface area contributed by atoms with Crippen LogP contribution in [0.3, 0.4) is 0 Å². The molecule has 6 rings (SSSR count). The van der Waals surface area contributed by atoms with Gasteiger partial charge in [0.15, 0.2) is 0 Å². The minimum atomic E-state index is -0.998. The van der Waals surface area contributed by atoms with Crippen LogP contribution in [0.25, 0.3) is 22.0 Å². The number of hydrogen-bond acceptors (Lipinski definition) is 7. The summed E-state index contributed by atoms with van der Waals surface area (Å²) in [7, 11) is 0. The van der Waals surface area contributed by atoms with E-state index in [1.54, 1.807) is 12.1 Å². The molecule has 11 heteroatoms. The van der Waals surface area contributed by atoms with Crippen LogP contribution in [0.1, 0.15) is 54.9 Å². The molecule has 11 nitrogen and oxygen atoms in total. The standard InChI is InChI=1S/C40H43N5O6/c41-28-10-14-30(15-11-28)45(40(50)51)34-22-25(8-16-31(34)27-4-2-1-3-5-27)9-20-37(48)43-29-12-6-26(7-13-29)23-42-24-36(47)32-17-19-35(46)39-33(32)18-21-38(49)44-39/h1-8,12-13,16-19,21-22,28,30,36,42,46-47H,9-11,14-15,20,23-24,41H2,(H,43,48)(H,44,49)(H,50,51)/t28-,30-,36?. The lowest BCUT2D eigenvalue weighted by Gasteiger charge is -2.35. The van der Waals surface area contributed by atoms with Gasteiger partial charge >= 0.3 is 6.09 Å². The van der Waals surface area contributed by atoms with E-state index in [2.05, 4.69) is 15.6 Å². The average molecular weight is 690 g/mol. The fourth-order valence-electron chi connectivity index (χ4n) is 6.81. The van der Waals surface area contributed by atoms with Crippen LogP contribution in [-0.4, -0.2) is 50.9 Å². The van der Waals surface area contributed by atoms with Crippen molar-refractivity contribution in [2.45, 2.75) is 63.3 Å². The molecule has 0 saturated heterocycles. The molecule has 1 saturated carbocycles. The Morgan fingerprint density at radius 3 is 2.35 bits per heavy atom. The third-order valence-electron chi connectivity index (χ3n) is 9.53. The monoisotopic (exact) mass is 689 g/mol. The highest BCUT2D eigenvalue weighted by molar-refractivity contribution is 5.94. The molecule has 1 aliphatic rings. The van der Waals surface area contributed by atoms with Crippen molar-refractivity contribution in [3.8, 4) is 16.9 Å². The van der Waals surface area contributed by atoms with Crippen molar-refractivity contribution in [1.29, 1.82) is 0 Å². The van der Waals surface area contributed by atoms with Crippen molar-refractivity contribution in [1.82, 2.24) is 10.3 Å². The van der Waals surface area contributed by atoms with E-state index < -0.39 is 12.2 Å². The van der Waals surface area contributed by atoms with E-state index in [1.165, 1.54) is 17.0 Å². The molecular formula is C40H43N5O6. The molecule has 1 unspecified atom stereocenters. The summed E-state index contributed by atoms with van der Waals surface area (Å²) in [6.07, 6.45) is 1.74. The lowest BCUT2D eigenvalue weighted by molar-refractivity contribution is -0.116. The zero-order valence-corrected chi connectivity index (χ0v) is 28.2. The SMILES string of the molecule is N[C@H]1CC[C@H](N(C(=O)O)c2cc(CCC(=O)Nc3ccc(CNCC(O)c4ccc(O)c5[nH]c(=O)ccc45)cc3)ccc2-c2ccccc2)CC1. The van der Waals surface area contributed by atoms with Crippen molar-refractivity contribution in [2.75, 3.05) is 16.8 Å². The summed E-state index contributed by atoms with van der Waals surface area (Å²) >= 11 is 0. The van der Waals surface area contributed by atoms with Gasteiger partial charge in [0.25, 0.3) is 0 Å². The number of carbonyl (C=O) groups excluding carboxylic acids is 1. The molecule has 4 aromatic carbocycles. The first kappa shape index (κ1) is 35.3. The molecule has 51 heavy (non-hydrogen) atoms. The normalized spacial score (nSPS) is 16.4. The lowest BCUT2D eigenvalue weighted by Crippen LogP contribution is -2.44. The van der Waals surface area contributed by atoms with Gasteiger partial charge in [0.1, 0.15) is 5.75 Å². The number of nitrogens with one attached hydrogen (secondary N) is 3. The van der Waals surface area contributed by atoms with E-state index in [4.69, 9.17) is 5.73 Å².